The van der Waals surface area contributed by atoms with Crippen LogP contribution in [0.25, 0.3) is 32.7 Å². The Hall–Kier alpha value is -3.93. The highest BCUT2D eigenvalue weighted by atomic mass is 16.1. The number of benzene rings is 3. The van der Waals surface area contributed by atoms with E-state index in [-0.39, 0.29) is 5.91 Å². The van der Waals surface area contributed by atoms with Crippen LogP contribution in [0.1, 0.15) is 28.8 Å². The fraction of sp³-hybridized carbons (Fsp3) is 0.160. The van der Waals surface area contributed by atoms with Gasteiger partial charge in [0, 0.05) is 11.9 Å². The molecule has 5 rings (SSSR count). The maximum atomic E-state index is 12.2. The molecule has 31 heavy (non-hydrogen) atoms. The van der Waals surface area contributed by atoms with Crippen molar-refractivity contribution in [2.45, 2.75) is 25.8 Å². The van der Waals surface area contributed by atoms with Gasteiger partial charge in [-0.2, -0.15) is 0 Å². The van der Waals surface area contributed by atoms with E-state index in [0.29, 0.717) is 11.4 Å². The predicted octanol–water partition coefficient (Wildman–Crippen LogP) is 4.44. The summed E-state index contributed by atoms with van der Waals surface area (Å²) in [6.45, 7) is 0.809. The van der Waals surface area contributed by atoms with Crippen molar-refractivity contribution < 1.29 is 4.79 Å². The first-order valence-corrected chi connectivity index (χ1v) is 10.4. The Bertz CT molecular complexity index is 1440. The Labute approximate surface area is 179 Å². The van der Waals surface area contributed by atoms with Crippen LogP contribution in [0.15, 0.2) is 67.0 Å². The highest BCUT2D eigenvalue weighted by molar-refractivity contribution is 6.08. The molecule has 0 unspecified atom stereocenters. The van der Waals surface area contributed by atoms with Gasteiger partial charge >= 0.3 is 0 Å². The number of hydrogen-bond donors (Lipinski definition) is 2. The van der Waals surface area contributed by atoms with Gasteiger partial charge in [0.25, 0.3) is 0 Å². The molecule has 6 nitrogen and oxygen atoms in total. The number of rotatable bonds is 6. The van der Waals surface area contributed by atoms with Gasteiger partial charge in [-0.05, 0) is 41.7 Å². The van der Waals surface area contributed by atoms with Crippen molar-refractivity contribution in [2.75, 3.05) is 5.73 Å². The zero-order valence-electron chi connectivity index (χ0n) is 17.1. The van der Waals surface area contributed by atoms with Gasteiger partial charge in [0.15, 0.2) is 5.82 Å². The number of fused-ring (bicyclic) bond motifs is 4. The molecule has 0 saturated heterocycles. The van der Waals surface area contributed by atoms with Crippen molar-refractivity contribution in [1.82, 2.24) is 14.5 Å². The van der Waals surface area contributed by atoms with Crippen LogP contribution in [0.3, 0.4) is 0 Å². The molecule has 3 aromatic carbocycles. The largest absolute Gasteiger partial charge is 0.382 e. The van der Waals surface area contributed by atoms with Gasteiger partial charge in [0.1, 0.15) is 5.52 Å². The van der Waals surface area contributed by atoms with Crippen LogP contribution in [0, 0.1) is 0 Å². The molecular weight excluding hydrogens is 386 g/mol. The minimum atomic E-state index is -0.373. The minimum absolute atomic E-state index is 0.373. The van der Waals surface area contributed by atoms with Gasteiger partial charge in [-0.25, -0.2) is 9.97 Å². The van der Waals surface area contributed by atoms with Crippen LogP contribution in [0.4, 0.5) is 5.82 Å². The number of unbranched alkanes of at least 4 members (excludes halogenated alkanes) is 1. The summed E-state index contributed by atoms with van der Waals surface area (Å²) in [5, 5.41) is 3.00. The second kappa shape index (κ2) is 7.72. The average Bonchev–Trinajstić information content (AvgIpc) is 3.21. The lowest BCUT2D eigenvalue weighted by molar-refractivity contribution is 0.100. The van der Waals surface area contributed by atoms with Crippen molar-refractivity contribution in [3.8, 4) is 0 Å². The number of nitrogen functional groups attached to an aromatic ring is 1. The molecule has 1 amide bonds. The maximum absolute atomic E-state index is 12.2. The fourth-order valence-corrected chi connectivity index (χ4v) is 4.39. The van der Waals surface area contributed by atoms with Crippen molar-refractivity contribution in [1.29, 1.82) is 0 Å². The number of para-hydroxylation sites is 1. The summed E-state index contributed by atoms with van der Waals surface area (Å²) < 4.78 is 2.14. The third kappa shape index (κ3) is 3.36. The number of nitrogens with two attached hydrogens (primary N) is 2. The lowest BCUT2D eigenvalue weighted by atomic mass is 9.95. The van der Waals surface area contributed by atoms with Gasteiger partial charge in [-0.1, -0.05) is 54.6 Å². The normalized spacial score (nSPS) is 11.5. The van der Waals surface area contributed by atoms with Gasteiger partial charge in [0.2, 0.25) is 5.91 Å². The number of amides is 1. The number of primary amides is 1. The lowest BCUT2D eigenvalue weighted by Crippen LogP contribution is -2.14. The van der Waals surface area contributed by atoms with E-state index in [2.05, 4.69) is 26.7 Å². The van der Waals surface area contributed by atoms with Crippen LogP contribution in [-0.4, -0.2) is 20.4 Å². The predicted molar refractivity (Wildman–Crippen MR) is 125 cm³/mol. The van der Waals surface area contributed by atoms with Crippen LogP contribution in [0.2, 0.25) is 0 Å². The van der Waals surface area contributed by atoms with Crippen molar-refractivity contribution in [2.24, 2.45) is 5.73 Å². The van der Waals surface area contributed by atoms with Crippen LogP contribution >= 0.6 is 0 Å². The molecule has 154 valence electrons. The van der Waals surface area contributed by atoms with E-state index in [4.69, 9.17) is 11.5 Å². The Morgan fingerprint density at radius 3 is 2.55 bits per heavy atom. The summed E-state index contributed by atoms with van der Waals surface area (Å²) in [6.07, 6.45) is 4.49. The first-order chi connectivity index (χ1) is 15.1. The number of carbonyl (C=O) groups excluding carboxylic acids is 1. The summed E-state index contributed by atoms with van der Waals surface area (Å²) in [7, 11) is 0. The van der Waals surface area contributed by atoms with E-state index in [1.165, 1.54) is 0 Å². The molecule has 0 saturated carbocycles. The number of carbonyl (C=O) groups is 1. The van der Waals surface area contributed by atoms with Crippen molar-refractivity contribution in [3.05, 3.63) is 78.1 Å². The quantitative estimate of drug-likeness (QED) is 0.405. The highest BCUT2D eigenvalue weighted by Crippen LogP contribution is 2.28. The van der Waals surface area contributed by atoms with Gasteiger partial charge < -0.3 is 16.0 Å². The topological polar surface area (TPSA) is 99.8 Å². The summed E-state index contributed by atoms with van der Waals surface area (Å²) in [5.41, 5.74) is 16.1. The summed E-state index contributed by atoms with van der Waals surface area (Å²) in [6, 6.07) is 19.9. The zero-order chi connectivity index (χ0) is 21.4. The zero-order valence-corrected chi connectivity index (χ0v) is 17.1. The summed E-state index contributed by atoms with van der Waals surface area (Å²) in [5.74, 6) is 0.0802. The number of aromatic nitrogens is 3. The van der Waals surface area contributed by atoms with E-state index in [1.807, 2.05) is 54.9 Å². The monoisotopic (exact) mass is 409 g/mol. The van der Waals surface area contributed by atoms with Crippen LogP contribution in [-0.2, 0) is 13.0 Å². The lowest BCUT2D eigenvalue weighted by Gasteiger charge is -2.11. The Morgan fingerprint density at radius 1 is 0.935 bits per heavy atom. The van der Waals surface area contributed by atoms with Gasteiger partial charge in [-0.15, -0.1) is 0 Å². The highest BCUT2D eigenvalue weighted by Gasteiger charge is 2.14. The number of anilines is 1. The molecule has 0 aliphatic rings. The Morgan fingerprint density at radius 2 is 1.71 bits per heavy atom. The van der Waals surface area contributed by atoms with E-state index < -0.39 is 0 Å². The molecule has 0 spiro atoms. The van der Waals surface area contributed by atoms with Gasteiger partial charge in [0.05, 0.1) is 22.9 Å². The molecule has 0 fully saturated rings. The van der Waals surface area contributed by atoms with E-state index in [9.17, 15) is 4.79 Å². The number of aryl methyl sites for hydroxylation is 2. The first kappa shape index (κ1) is 19.1. The van der Waals surface area contributed by atoms with E-state index in [1.54, 1.807) is 0 Å². The standard InChI is InChI=1S/C25H23N5O/c26-24-22-23(19-10-3-4-11-20(19)29-24)30(15-28-22)14-6-5-8-17-13-12-16-7-1-2-9-18(16)21(17)25(27)31/h1-4,7,9-13,15H,5-6,8,14H2,(H2,26,29)(H2,27,31). The molecule has 2 heterocycles. The third-order valence-electron chi connectivity index (χ3n) is 5.84. The van der Waals surface area contributed by atoms with Crippen LogP contribution in [0.5, 0.6) is 0 Å². The Kier molecular flexibility index (Phi) is 4.75. The fourth-order valence-electron chi connectivity index (χ4n) is 4.39. The number of imidazole rings is 1. The molecule has 0 radical (unpaired) electrons. The second-order valence-electron chi connectivity index (χ2n) is 7.79. The second-order valence-corrected chi connectivity index (χ2v) is 7.79. The van der Waals surface area contributed by atoms with Gasteiger partial charge in [-0.3, -0.25) is 4.79 Å². The molecule has 0 aliphatic heterocycles. The maximum Gasteiger partial charge on any atom is 0.249 e. The molecule has 2 aromatic heterocycles. The smallest absolute Gasteiger partial charge is 0.249 e. The molecule has 0 atom stereocenters. The number of nitrogens with zero attached hydrogens (tertiary/aromatic N) is 3. The molecule has 6 heteroatoms. The molecular formula is C25H23N5O. The van der Waals surface area contributed by atoms with Crippen molar-refractivity contribution in [3.63, 3.8) is 0 Å². The molecule has 0 bridgehead atoms. The molecule has 0 aliphatic carbocycles. The number of hydrogen-bond acceptors (Lipinski definition) is 4. The van der Waals surface area contributed by atoms with E-state index in [0.717, 1.165) is 64.1 Å². The Balaban J connectivity index is 1.38. The number of pyridine rings is 1. The van der Waals surface area contributed by atoms with E-state index >= 15 is 0 Å². The molecule has 5 aromatic rings. The summed E-state index contributed by atoms with van der Waals surface area (Å²) in [4.78, 5) is 21.1. The van der Waals surface area contributed by atoms with Crippen LogP contribution < -0.4 is 11.5 Å². The summed E-state index contributed by atoms with van der Waals surface area (Å²) >= 11 is 0. The third-order valence-corrected chi connectivity index (χ3v) is 5.84. The van der Waals surface area contributed by atoms with Crippen molar-refractivity contribution >= 4 is 44.4 Å². The first-order valence-electron chi connectivity index (χ1n) is 10.4. The molecule has 4 N–H and O–H groups in total. The SMILES string of the molecule is NC(=O)c1c(CCCCn2cnc3c(N)nc4ccccc4c32)ccc2ccccc12. The minimum Gasteiger partial charge on any atom is -0.382 e. The average molecular weight is 409 g/mol.